The van der Waals surface area contributed by atoms with Crippen LogP contribution in [0.4, 0.5) is 5.82 Å². The van der Waals surface area contributed by atoms with Crippen molar-refractivity contribution in [1.29, 1.82) is 0 Å². The van der Waals surface area contributed by atoms with Gasteiger partial charge in [0.25, 0.3) is 0 Å². The number of nitrogens with zero attached hydrogens (tertiary/aromatic N) is 5. The van der Waals surface area contributed by atoms with E-state index >= 15 is 0 Å². The van der Waals surface area contributed by atoms with Gasteiger partial charge in [0.2, 0.25) is 11.1 Å². The Kier molecular flexibility index (Phi) is 5.71. The molecule has 0 bridgehead atoms. The number of anilines is 1. The first-order valence-electron chi connectivity index (χ1n) is 10.1. The van der Waals surface area contributed by atoms with Crippen molar-refractivity contribution in [3.63, 3.8) is 0 Å². The van der Waals surface area contributed by atoms with Crippen LogP contribution in [0, 0.1) is 0 Å². The smallest absolute Gasteiger partial charge is 0.238 e. The summed E-state index contributed by atoms with van der Waals surface area (Å²) >= 11 is 1.38. The van der Waals surface area contributed by atoms with Crippen molar-refractivity contribution in [2.45, 2.75) is 62.4 Å². The number of aromatic nitrogens is 5. The van der Waals surface area contributed by atoms with Crippen molar-refractivity contribution in [1.82, 2.24) is 24.5 Å². The number of carbonyl (C=O) groups is 1. The molecular formula is C21H26N6OS. The van der Waals surface area contributed by atoms with Crippen LogP contribution in [0.3, 0.4) is 0 Å². The average molecular weight is 411 g/mol. The van der Waals surface area contributed by atoms with Crippen LogP contribution in [0.25, 0.3) is 5.69 Å². The van der Waals surface area contributed by atoms with E-state index in [1.165, 1.54) is 11.8 Å². The maximum Gasteiger partial charge on any atom is 0.238 e. The van der Waals surface area contributed by atoms with E-state index in [0.29, 0.717) is 11.1 Å². The maximum absolute atomic E-state index is 12.8. The van der Waals surface area contributed by atoms with E-state index in [4.69, 9.17) is 10.1 Å². The molecule has 7 nitrogen and oxygen atoms in total. The lowest BCUT2D eigenvalue weighted by Crippen LogP contribution is -2.25. The van der Waals surface area contributed by atoms with E-state index in [0.717, 1.165) is 36.6 Å². The Morgan fingerprint density at radius 2 is 2.00 bits per heavy atom. The monoisotopic (exact) mass is 410 g/mol. The molecule has 1 fully saturated rings. The zero-order chi connectivity index (χ0) is 20.4. The Hall–Kier alpha value is -2.61. The second-order valence-electron chi connectivity index (χ2n) is 7.44. The summed E-state index contributed by atoms with van der Waals surface area (Å²) < 4.78 is 3.77. The lowest BCUT2D eigenvalue weighted by molar-refractivity contribution is -0.115. The minimum Gasteiger partial charge on any atom is -0.310 e. The number of amides is 1. The van der Waals surface area contributed by atoms with Crippen LogP contribution in [-0.4, -0.2) is 35.7 Å². The summed E-state index contributed by atoms with van der Waals surface area (Å²) in [5.74, 6) is 2.09. The lowest BCUT2D eigenvalue weighted by atomic mass is 10.3. The molecule has 8 heteroatoms. The number of nitrogens with one attached hydrogen (secondary N) is 1. The third-order valence-corrected chi connectivity index (χ3v) is 6.09. The van der Waals surface area contributed by atoms with Gasteiger partial charge >= 0.3 is 0 Å². The molecular weight excluding hydrogens is 384 g/mol. The molecule has 1 aliphatic rings. The fraction of sp³-hybridized carbons (Fsp3) is 0.429. The van der Waals surface area contributed by atoms with Crippen molar-refractivity contribution >= 4 is 23.5 Å². The number of carbonyl (C=O) groups excluding carboxylic acids is 1. The zero-order valence-corrected chi connectivity index (χ0v) is 17.8. The van der Waals surface area contributed by atoms with Crippen molar-refractivity contribution in [3.05, 3.63) is 48.4 Å². The Bertz CT molecular complexity index is 978. The molecule has 3 aromatic rings. The van der Waals surface area contributed by atoms with Gasteiger partial charge in [0.05, 0.1) is 23.2 Å². The van der Waals surface area contributed by atoms with Gasteiger partial charge in [-0.15, -0.1) is 5.10 Å². The number of hydrogen-bond acceptors (Lipinski definition) is 5. The highest BCUT2D eigenvalue weighted by molar-refractivity contribution is 8.00. The average Bonchev–Trinajstić information content (AvgIpc) is 3.34. The molecule has 29 heavy (non-hydrogen) atoms. The highest BCUT2D eigenvalue weighted by Crippen LogP contribution is 2.40. The first-order chi connectivity index (χ1) is 14.1. The molecule has 1 saturated carbocycles. The molecule has 4 rings (SSSR count). The van der Waals surface area contributed by atoms with Gasteiger partial charge in [-0.1, -0.05) is 36.9 Å². The number of benzene rings is 1. The molecule has 2 heterocycles. The predicted octanol–water partition coefficient (Wildman–Crippen LogP) is 4.43. The van der Waals surface area contributed by atoms with Crippen LogP contribution in [0.5, 0.6) is 0 Å². The first-order valence-corrected chi connectivity index (χ1v) is 11.0. The second kappa shape index (κ2) is 8.41. The normalized spacial score (nSPS) is 15.8. The predicted molar refractivity (Wildman–Crippen MR) is 115 cm³/mol. The molecule has 0 unspecified atom stereocenters. The molecule has 2 aromatic heterocycles. The van der Waals surface area contributed by atoms with Gasteiger partial charge in [0, 0.05) is 12.0 Å². The summed E-state index contributed by atoms with van der Waals surface area (Å²) in [6.07, 6.45) is 4.95. The third kappa shape index (κ3) is 4.37. The van der Waals surface area contributed by atoms with Crippen LogP contribution in [0.2, 0.25) is 0 Å². The number of rotatable bonds is 8. The summed E-state index contributed by atoms with van der Waals surface area (Å²) in [4.78, 5) is 17.5. The molecule has 1 amide bonds. The van der Waals surface area contributed by atoms with Crippen LogP contribution in [0.15, 0.2) is 47.8 Å². The highest BCUT2D eigenvalue weighted by atomic mass is 32.2. The van der Waals surface area contributed by atoms with Gasteiger partial charge in [0.15, 0.2) is 0 Å². The Morgan fingerprint density at radius 3 is 2.69 bits per heavy atom. The summed E-state index contributed by atoms with van der Waals surface area (Å²) in [5, 5.41) is 12.3. The zero-order valence-electron chi connectivity index (χ0n) is 16.9. The second-order valence-corrected chi connectivity index (χ2v) is 8.75. The molecule has 152 valence electrons. The third-order valence-electron chi connectivity index (χ3n) is 5.14. The molecule has 1 aliphatic carbocycles. The van der Waals surface area contributed by atoms with E-state index < -0.39 is 0 Å². The largest absolute Gasteiger partial charge is 0.310 e. The quantitative estimate of drug-likeness (QED) is 0.556. The fourth-order valence-corrected chi connectivity index (χ4v) is 3.85. The van der Waals surface area contributed by atoms with Crippen LogP contribution in [-0.2, 0) is 4.79 Å². The standard InChI is InChI=1S/C21H26N6OS/c1-4-14(2)26-18(12-13-22-26)23-20(28)15(3)29-21-24-19(16-10-11-16)27(25-21)17-8-6-5-7-9-17/h5-9,12-16H,4,10-11H2,1-3H3,(H,23,28)/t14-,15-/m1/s1. The molecule has 0 aliphatic heterocycles. The van der Waals surface area contributed by atoms with E-state index in [9.17, 15) is 4.79 Å². The lowest BCUT2D eigenvalue weighted by Gasteiger charge is -2.15. The van der Waals surface area contributed by atoms with E-state index in [1.807, 2.05) is 52.7 Å². The van der Waals surface area contributed by atoms with Gasteiger partial charge in [-0.2, -0.15) is 5.10 Å². The highest BCUT2D eigenvalue weighted by Gasteiger charge is 2.31. The Morgan fingerprint density at radius 1 is 1.24 bits per heavy atom. The SMILES string of the molecule is CC[C@@H](C)n1nccc1NC(=O)[C@@H](C)Sc1nc(C2CC2)n(-c2ccccc2)n1. The number of para-hydroxylation sites is 1. The van der Waals surface area contributed by atoms with Crippen LogP contribution < -0.4 is 5.32 Å². The number of thioether (sulfide) groups is 1. The van der Waals surface area contributed by atoms with Gasteiger partial charge in [-0.3, -0.25) is 4.79 Å². The molecule has 0 spiro atoms. The summed E-state index contributed by atoms with van der Waals surface area (Å²) in [6, 6.07) is 12.1. The Labute approximate surface area is 174 Å². The minimum absolute atomic E-state index is 0.0795. The van der Waals surface area contributed by atoms with Gasteiger partial charge < -0.3 is 5.32 Å². The van der Waals surface area contributed by atoms with Crippen LogP contribution >= 0.6 is 11.8 Å². The van der Waals surface area contributed by atoms with E-state index in [-0.39, 0.29) is 17.2 Å². The summed E-state index contributed by atoms with van der Waals surface area (Å²) in [5.41, 5.74) is 1.00. The van der Waals surface area contributed by atoms with Crippen LogP contribution in [0.1, 0.15) is 57.8 Å². The van der Waals surface area contributed by atoms with E-state index in [1.54, 1.807) is 6.20 Å². The molecule has 0 radical (unpaired) electrons. The van der Waals surface area contributed by atoms with Gasteiger partial charge in [-0.05, 0) is 45.2 Å². The number of hydrogen-bond donors (Lipinski definition) is 1. The van der Waals surface area contributed by atoms with Crippen molar-refractivity contribution < 1.29 is 4.79 Å². The molecule has 1 N–H and O–H groups in total. The topological polar surface area (TPSA) is 77.6 Å². The molecule has 2 atom stereocenters. The van der Waals surface area contributed by atoms with Crippen molar-refractivity contribution in [2.75, 3.05) is 5.32 Å². The Balaban J connectivity index is 1.48. The maximum atomic E-state index is 12.8. The minimum atomic E-state index is -0.325. The molecule has 0 saturated heterocycles. The van der Waals surface area contributed by atoms with Gasteiger partial charge in [0.1, 0.15) is 11.6 Å². The summed E-state index contributed by atoms with van der Waals surface area (Å²) in [7, 11) is 0. The van der Waals surface area contributed by atoms with Gasteiger partial charge in [-0.25, -0.2) is 14.3 Å². The van der Waals surface area contributed by atoms with Crippen molar-refractivity contribution in [3.8, 4) is 5.69 Å². The fourth-order valence-electron chi connectivity index (χ4n) is 3.10. The van der Waals surface area contributed by atoms with Crippen molar-refractivity contribution in [2.24, 2.45) is 0 Å². The summed E-state index contributed by atoms with van der Waals surface area (Å²) in [6.45, 7) is 6.06. The molecule has 1 aromatic carbocycles. The van der Waals surface area contributed by atoms with E-state index in [2.05, 4.69) is 24.3 Å². The first kappa shape index (κ1) is 19.7.